The number of aromatic carboxylic acids is 1. The summed E-state index contributed by atoms with van der Waals surface area (Å²) in [5, 5.41) is 10.7. The standard InChI is InChI=1S/C16H20N2O4/c1-11(19)18-9-7-14(8-10-18)17(2)15(20)12-3-5-13(6-4-12)16(21)22/h3-6,14H,7-10H2,1-2H3,(H,21,22)/p-1. The summed E-state index contributed by atoms with van der Waals surface area (Å²) < 4.78 is 0. The van der Waals surface area contributed by atoms with Crippen molar-refractivity contribution in [2.75, 3.05) is 20.1 Å². The third kappa shape index (κ3) is 3.44. The summed E-state index contributed by atoms with van der Waals surface area (Å²) >= 11 is 0. The van der Waals surface area contributed by atoms with Gasteiger partial charge in [-0.15, -0.1) is 0 Å². The Morgan fingerprint density at radius 3 is 2.05 bits per heavy atom. The van der Waals surface area contributed by atoms with E-state index in [4.69, 9.17) is 0 Å². The van der Waals surface area contributed by atoms with Crippen LogP contribution in [0.5, 0.6) is 0 Å². The highest BCUT2D eigenvalue weighted by atomic mass is 16.4. The average Bonchev–Trinajstić information content (AvgIpc) is 2.53. The normalized spacial score (nSPS) is 15.5. The van der Waals surface area contributed by atoms with Crippen LogP contribution in [0.3, 0.4) is 0 Å². The molecule has 0 aliphatic carbocycles. The Labute approximate surface area is 129 Å². The molecule has 0 unspecified atom stereocenters. The molecule has 0 aromatic heterocycles. The van der Waals surface area contributed by atoms with Gasteiger partial charge in [0, 0.05) is 38.7 Å². The number of likely N-dealkylation sites (tertiary alicyclic amines) is 1. The van der Waals surface area contributed by atoms with E-state index in [1.807, 2.05) is 0 Å². The monoisotopic (exact) mass is 303 g/mol. The summed E-state index contributed by atoms with van der Waals surface area (Å²) in [6.45, 7) is 2.86. The fraction of sp³-hybridized carbons (Fsp3) is 0.438. The number of carbonyl (C=O) groups is 3. The van der Waals surface area contributed by atoms with Gasteiger partial charge in [0.15, 0.2) is 0 Å². The Bertz CT molecular complexity index is 574. The molecule has 1 aliphatic rings. The molecule has 2 amide bonds. The third-order valence-electron chi connectivity index (χ3n) is 4.15. The molecule has 0 spiro atoms. The van der Waals surface area contributed by atoms with E-state index in [1.54, 1.807) is 23.8 Å². The van der Waals surface area contributed by atoms with Gasteiger partial charge in [-0.1, -0.05) is 12.1 Å². The van der Waals surface area contributed by atoms with Crippen LogP contribution in [0.4, 0.5) is 0 Å². The second-order valence-electron chi connectivity index (χ2n) is 5.52. The number of piperidine rings is 1. The van der Waals surface area contributed by atoms with Gasteiger partial charge in [-0.2, -0.15) is 0 Å². The van der Waals surface area contributed by atoms with Gasteiger partial charge in [-0.05, 0) is 30.5 Å². The van der Waals surface area contributed by atoms with Gasteiger partial charge >= 0.3 is 0 Å². The molecule has 1 aromatic carbocycles. The summed E-state index contributed by atoms with van der Waals surface area (Å²) in [5.74, 6) is -1.35. The highest BCUT2D eigenvalue weighted by molar-refractivity contribution is 5.95. The molecule has 0 N–H and O–H groups in total. The predicted octanol–water partition coefficient (Wildman–Crippen LogP) is 0.133. The van der Waals surface area contributed by atoms with Crippen molar-refractivity contribution in [3.8, 4) is 0 Å². The fourth-order valence-electron chi connectivity index (χ4n) is 2.69. The number of benzene rings is 1. The molecular weight excluding hydrogens is 284 g/mol. The quantitative estimate of drug-likeness (QED) is 0.795. The van der Waals surface area contributed by atoms with Crippen LogP contribution in [0, 0.1) is 0 Å². The first-order valence-corrected chi connectivity index (χ1v) is 7.24. The van der Waals surface area contributed by atoms with Gasteiger partial charge in [0.25, 0.3) is 5.91 Å². The van der Waals surface area contributed by atoms with E-state index < -0.39 is 5.97 Å². The number of hydrogen-bond acceptors (Lipinski definition) is 4. The maximum absolute atomic E-state index is 12.4. The summed E-state index contributed by atoms with van der Waals surface area (Å²) in [6.07, 6.45) is 1.50. The summed E-state index contributed by atoms with van der Waals surface area (Å²) in [7, 11) is 1.74. The number of carboxylic acids is 1. The first-order valence-electron chi connectivity index (χ1n) is 7.24. The van der Waals surface area contributed by atoms with Crippen molar-refractivity contribution in [2.45, 2.75) is 25.8 Å². The van der Waals surface area contributed by atoms with Crippen molar-refractivity contribution in [2.24, 2.45) is 0 Å². The molecule has 6 heteroatoms. The van der Waals surface area contributed by atoms with E-state index in [-0.39, 0.29) is 23.4 Å². The zero-order valence-corrected chi connectivity index (χ0v) is 12.7. The van der Waals surface area contributed by atoms with Gasteiger partial charge < -0.3 is 19.7 Å². The van der Waals surface area contributed by atoms with Crippen LogP contribution in [0.25, 0.3) is 0 Å². The summed E-state index contributed by atoms with van der Waals surface area (Å²) in [6, 6.07) is 5.82. The number of hydrogen-bond donors (Lipinski definition) is 0. The molecule has 0 bridgehead atoms. The Balaban J connectivity index is 2.00. The van der Waals surface area contributed by atoms with E-state index >= 15 is 0 Å². The lowest BCUT2D eigenvalue weighted by Gasteiger charge is -2.36. The second-order valence-corrected chi connectivity index (χ2v) is 5.52. The Morgan fingerprint density at radius 2 is 1.59 bits per heavy atom. The summed E-state index contributed by atoms with van der Waals surface area (Å²) in [5.41, 5.74) is 0.496. The zero-order chi connectivity index (χ0) is 16.3. The number of rotatable bonds is 3. The van der Waals surface area contributed by atoms with Crippen molar-refractivity contribution in [1.82, 2.24) is 9.80 Å². The number of carbonyl (C=O) groups excluding carboxylic acids is 3. The lowest BCUT2D eigenvalue weighted by molar-refractivity contribution is -0.255. The minimum absolute atomic E-state index is 0.0500. The highest BCUT2D eigenvalue weighted by Gasteiger charge is 2.26. The Hall–Kier alpha value is -2.37. The lowest BCUT2D eigenvalue weighted by atomic mass is 10.0. The first-order chi connectivity index (χ1) is 10.4. The van der Waals surface area contributed by atoms with Crippen LogP contribution < -0.4 is 5.11 Å². The van der Waals surface area contributed by atoms with Crippen LogP contribution >= 0.6 is 0 Å². The van der Waals surface area contributed by atoms with Gasteiger partial charge in [0.05, 0.1) is 5.97 Å². The first kappa shape index (κ1) is 16.0. The van der Waals surface area contributed by atoms with Crippen LogP contribution in [0.2, 0.25) is 0 Å². The van der Waals surface area contributed by atoms with E-state index in [9.17, 15) is 19.5 Å². The van der Waals surface area contributed by atoms with Crippen molar-refractivity contribution in [3.63, 3.8) is 0 Å². The molecule has 118 valence electrons. The molecule has 0 atom stereocenters. The fourth-order valence-corrected chi connectivity index (χ4v) is 2.69. The molecule has 1 saturated heterocycles. The maximum atomic E-state index is 12.4. The average molecular weight is 303 g/mol. The lowest BCUT2D eigenvalue weighted by Crippen LogP contribution is -2.46. The van der Waals surface area contributed by atoms with Gasteiger partial charge in [0.2, 0.25) is 5.91 Å². The molecule has 22 heavy (non-hydrogen) atoms. The minimum Gasteiger partial charge on any atom is -0.545 e. The van der Waals surface area contributed by atoms with E-state index in [2.05, 4.69) is 0 Å². The van der Waals surface area contributed by atoms with Crippen LogP contribution in [0.15, 0.2) is 24.3 Å². The topological polar surface area (TPSA) is 80.8 Å². The van der Waals surface area contributed by atoms with Crippen LogP contribution in [-0.4, -0.2) is 53.8 Å². The summed E-state index contributed by atoms with van der Waals surface area (Å²) in [4.78, 5) is 37.9. The van der Waals surface area contributed by atoms with E-state index in [0.29, 0.717) is 18.7 Å². The van der Waals surface area contributed by atoms with E-state index in [0.717, 1.165) is 12.8 Å². The molecular formula is C16H19N2O4-. The molecule has 1 aromatic rings. The number of amides is 2. The Kier molecular flexibility index (Phi) is 4.80. The molecule has 2 rings (SSSR count). The molecule has 6 nitrogen and oxygen atoms in total. The largest absolute Gasteiger partial charge is 0.545 e. The second kappa shape index (κ2) is 6.60. The molecule has 0 saturated carbocycles. The number of nitrogens with zero attached hydrogens (tertiary/aromatic N) is 2. The van der Waals surface area contributed by atoms with E-state index in [1.165, 1.54) is 24.3 Å². The van der Waals surface area contributed by atoms with Crippen LogP contribution in [-0.2, 0) is 4.79 Å². The van der Waals surface area contributed by atoms with Crippen molar-refractivity contribution >= 4 is 17.8 Å². The Morgan fingerprint density at radius 1 is 1.09 bits per heavy atom. The number of carboxylic acid groups (broad SMARTS) is 1. The maximum Gasteiger partial charge on any atom is 0.253 e. The molecule has 0 radical (unpaired) electrons. The minimum atomic E-state index is -1.26. The predicted molar refractivity (Wildman–Crippen MR) is 78.1 cm³/mol. The SMILES string of the molecule is CC(=O)N1CCC(N(C)C(=O)c2ccc(C(=O)[O-])cc2)CC1. The smallest absolute Gasteiger partial charge is 0.253 e. The van der Waals surface area contributed by atoms with Crippen molar-refractivity contribution < 1.29 is 19.5 Å². The zero-order valence-electron chi connectivity index (χ0n) is 12.7. The highest BCUT2D eigenvalue weighted by Crippen LogP contribution is 2.18. The molecule has 1 aliphatic heterocycles. The molecule has 1 fully saturated rings. The molecule has 1 heterocycles. The van der Waals surface area contributed by atoms with Crippen molar-refractivity contribution in [1.29, 1.82) is 0 Å². The van der Waals surface area contributed by atoms with Gasteiger partial charge in [-0.25, -0.2) is 0 Å². The third-order valence-corrected chi connectivity index (χ3v) is 4.15. The van der Waals surface area contributed by atoms with Gasteiger partial charge in [0.1, 0.15) is 0 Å². The van der Waals surface area contributed by atoms with Crippen LogP contribution in [0.1, 0.15) is 40.5 Å². The van der Waals surface area contributed by atoms with Gasteiger partial charge in [-0.3, -0.25) is 9.59 Å². The van der Waals surface area contributed by atoms with Crippen molar-refractivity contribution in [3.05, 3.63) is 35.4 Å².